The number of benzene rings is 1. The number of rotatable bonds is 5. The molecule has 0 aliphatic rings. The van der Waals surface area contributed by atoms with Gasteiger partial charge in [0.05, 0.1) is 14.2 Å². The second-order valence-corrected chi connectivity index (χ2v) is 4.31. The van der Waals surface area contributed by atoms with Gasteiger partial charge in [-0.15, -0.1) is 0 Å². The van der Waals surface area contributed by atoms with Crippen molar-refractivity contribution in [1.82, 2.24) is 4.98 Å². The molecule has 1 aromatic heterocycles. The zero-order chi connectivity index (χ0) is 14.5. The molecule has 106 valence electrons. The summed E-state index contributed by atoms with van der Waals surface area (Å²) in [6.07, 6.45) is 1.70. The van der Waals surface area contributed by atoms with E-state index in [1.165, 1.54) is 0 Å². The van der Waals surface area contributed by atoms with E-state index in [0.717, 1.165) is 5.56 Å². The summed E-state index contributed by atoms with van der Waals surface area (Å²) in [4.78, 5) is 4.23. The van der Waals surface area contributed by atoms with E-state index in [-0.39, 0.29) is 6.04 Å². The topological polar surface area (TPSA) is 66.6 Å². The number of nitrogens with two attached hydrogens (primary N) is 1. The van der Waals surface area contributed by atoms with E-state index in [1.54, 1.807) is 38.6 Å². The Kier molecular flexibility index (Phi) is 4.42. The van der Waals surface area contributed by atoms with E-state index in [0.29, 0.717) is 23.1 Å². The van der Waals surface area contributed by atoms with Gasteiger partial charge in [-0.2, -0.15) is 0 Å². The van der Waals surface area contributed by atoms with Gasteiger partial charge in [-0.25, -0.2) is 4.98 Å². The highest BCUT2D eigenvalue weighted by Crippen LogP contribution is 2.39. The van der Waals surface area contributed by atoms with Gasteiger partial charge in [0.2, 0.25) is 11.6 Å². The van der Waals surface area contributed by atoms with Crippen molar-refractivity contribution in [2.75, 3.05) is 14.2 Å². The van der Waals surface area contributed by atoms with Gasteiger partial charge in [0.1, 0.15) is 0 Å². The largest absolute Gasteiger partial charge is 0.493 e. The number of hydrogen-bond donors (Lipinski definition) is 1. The van der Waals surface area contributed by atoms with Crippen LogP contribution in [0.4, 0.5) is 0 Å². The van der Waals surface area contributed by atoms with Crippen molar-refractivity contribution >= 4 is 0 Å². The van der Waals surface area contributed by atoms with E-state index in [4.69, 9.17) is 19.9 Å². The van der Waals surface area contributed by atoms with Crippen molar-refractivity contribution in [2.24, 2.45) is 5.73 Å². The van der Waals surface area contributed by atoms with Crippen LogP contribution >= 0.6 is 0 Å². The maximum atomic E-state index is 5.79. The summed E-state index contributed by atoms with van der Waals surface area (Å²) in [6.45, 7) is 1.90. The molecular formula is C15H18N2O3. The zero-order valence-electron chi connectivity index (χ0n) is 11.8. The number of aromatic nitrogens is 1. The second-order valence-electron chi connectivity index (χ2n) is 4.31. The first-order valence-electron chi connectivity index (χ1n) is 6.26. The lowest BCUT2D eigenvalue weighted by Gasteiger charge is -2.13. The van der Waals surface area contributed by atoms with Gasteiger partial charge in [-0.3, -0.25) is 0 Å². The molecule has 0 saturated carbocycles. The smallest absolute Gasteiger partial charge is 0.219 e. The molecule has 0 saturated heterocycles. The molecule has 0 unspecified atom stereocenters. The normalized spacial score (nSPS) is 11.8. The third-order valence-electron chi connectivity index (χ3n) is 2.87. The lowest BCUT2D eigenvalue weighted by molar-refractivity contribution is 0.342. The molecule has 0 fully saturated rings. The van der Waals surface area contributed by atoms with E-state index in [9.17, 15) is 0 Å². The average molecular weight is 274 g/mol. The van der Waals surface area contributed by atoms with Crippen molar-refractivity contribution in [3.05, 3.63) is 42.1 Å². The van der Waals surface area contributed by atoms with Crippen molar-refractivity contribution in [1.29, 1.82) is 0 Å². The first-order chi connectivity index (χ1) is 9.65. The molecule has 2 aromatic rings. The lowest BCUT2D eigenvalue weighted by Crippen LogP contribution is -2.05. The minimum atomic E-state index is -0.0580. The van der Waals surface area contributed by atoms with Crippen molar-refractivity contribution < 1.29 is 14.2 Å². The van der Waals surface area contributed by atoms with Gasteiger partial charge in [0.15, 0.2) is 11.5 Å². The van der Waals surface area contributed by atoms with Crippen LogP contribution in [0.15, 0.2) is 36.5 Å². The fourth-order valence-electron chi connectivity index (χ4n) is 1.74. The highest BCUT2D eigenvalue weighted by Gasteiger charge is 2.13. The quantitative estimate of drug-likeness (QED) is 0.908. The molecular weight excluding hydrogens is 256 g/mol. The van der Waals surface area contributed by atoms with Crippen LogP contribution in [0, 0.1) is 0 Å². The first kappa shape index (κ1) is 14.1. The Bertz CT molecular complexity index is 546. The molecule has 0 aliphatic carbocycles. The molecule has 1 aromatic carbocycles. The van der Waals surface area contributed by atoms with Crippen molar-refractivity contribution in [3.8, 4) is 23.1 Å². The molecule has 5 nitrogen and oxygen atoms in total. The van der Waals surface area contributed by atoms with Crippen LogP contribution in [0.2, 0.25) is 0 Å². The van der Waals surface area contributed by atoms with E-state index in [2.05, 4.69) is 4.98 Å². The Morgan fingerprint density at radius 2 is 1.70 bits per heavy atom. The van der Waals surface area contributed by atoms with Crippen LogP contribution in [0.5, 0.6) is 23.1 Å². The Hall–Kier alpha value is -2.27. The van der Waals surface area contributed by atoms with Crippen molar-refractivity contribution in [3.63, 3.8) is 0 Å². The van der Waals surface area contributed by atoms with Crippen LogP contribution in [0.3, 0.4) is 0 Å². The monoisotopic (exact) mass is 274 g/mol. The Balaban J connectivity index is 2.29. The summed E-state index contributed by atoms with van der Waals surface area (Å²) in [5.74, 6) is 2.13. The molecule has 2 N–H and O–H groups in total. The molecule has 0 amide bonds. The fraction of sp³-hybridized carbons (Fsp3) is 0.267. The molecule has 2 rings (SSSR count). The van der Waals surface area contributed by atoms with E-state index in [1.807, 2.05) is 19.1 Å². The van der Waals surface area contributed by atoms with Gasteiger partial charge >= 0.3 is 0 Å². The lowest BCUT2D eigenvalue weighted by atomic mass is 10.2. The fourth-order valence-corrected chi connectivity index (χ4v) is 1.74. The molecule has 0 radical (unpaired) electrons. The first-order valence-corrected chi connectivity index (χ1v) is 6.26. The summed E-state index contributed by atoms with van der Waals surface area (Å²) in [5.41, 5.74) is 6.74. The van der Waals surface area contributed by atoms with Crippen LogP contribution < -0.4 is 19.9 Å². The molecule has 1 atom stereocenters. The van der Waals surface area contributed by atoms with Gasteiger partial charge in [-0.05, 0) is 24.6 Å². The van der Waals surface area contributed by atoms with Gasteiger partial charge in [-0.1, -0.05) is 12.1 Å². The summed E-state index contributed by atoms with van der Waals surface area (Å²) < 4.78 is 16.3. The number of hydrogen-bond acceptors (Lipinski definition) is 5. The molecule has 0 bridgehead atoms. The third-order valence-corrected chi connectivity index (χ3v) is 2.87. The van der Waals surface area contributed by atoms with Crippen molar-refractivity contribution in [2.45, 2.75) is 13.0 Å². The third kappa shape index (κ3) is 3.00. The standard InChI is InChI=1S/C15H18N2O3/c1-10(16)11-7-8-14(17-9-11)20-15-12(18-2)5-4-6-13(15)19-3/h4-10H,16H2,1-3H3/t10-/m1/s1. The number of nitrogens with zero attached hydrogens (tertiary/aromatic N) is 1. The summed E-state index contributed by atoms with van der Waals surface area (Å²) in [5, 5.41) is 0. The Morgan fingerprint density at radius 3 is 2.15 bits per heavy atom. The van der Waals surface area contributed by atoms with E-state index < -0.39 is 0 Å². The van der Waals surface area contributed by atoms with Crippen LogP contribution in [-0.4, -0.2) is 19.2 Å². The molecule has 5 heteroatoms. The minimum absolute atomic E-state index is 0.0580. The van der Waals surface area contributed by atoms with Crippen LogP contribution in [-0.2, 0) is 0 Å². The minimum Gasteiger partial charge on any atom is -0.493 e. The molecule has 0 aliphatic heterocycles. The highest BCUT2D eigenvalue weighted by molar-refractivity contribution is 5.52. The second kappa shape index (κ2) is 6.25. The maximum Gasteiger partial charge on any atom is 0.219 e. The predicted molar refractivity (Wildman–Crippen MR) is 76.5 cm³/mol. The molecule has 20 heavy (non-hydrogen) atoms. The highest BCUT2D eigenvalue weighted by atomic mass is 16.5. The van der Waals surface area contributed by atoms with E-state index >= 15 is 0 Å². The summed E-state index contributed by atoms with van der Waals surface area (Å²) >= 11 is 0. The number of methoxy groups -OCH3 is 2. The number of pyridine rings is 1. The maximum absolute atomic E-state index is 5.79. The predicted octanol–water partition coefficient (Wildman–Crippen LogP) is 2.91. The van der Waals surface area contributed by atoms with Gasteiger partial charge in [0.25, 0.3) is 0 Å². The summed E-state index contributed by atoms with van der Waals surface area (Å²) in [7, 11) is 3.16. The van der Waals surface area contributed by atoms with Gasteiger partial charge in [0, 0.05) is 18.3 Å². The average Bonchev–Trinajstić information content (AvgIpc) is 2.48. The Morgan fingerprint density at radius 1 is 1.05 bits per heavy atom. The summed E-state index contributed by atoms with van der Waals surface area (Å²) in [6, 6.07) is 9.02. The number of para-hydroxylation sites is 1. The van der Waals surface area contributed by atoms with Crippen LogP contribution in [0.1, 0.15) is 18.5 Å². The molecule has 0 spiro atoms. The Labute approximate surface area is 118 Å². The van der Waals surface area contributed by atoms with Crippen LogP contribution in [0.25, 0.3) is 0 Å². The SMILES string of the molecule is COc1cccc(OC)c1Oc1ccc([C@@H](C)N)cn1. The van der Waals surface area contributed by atoms with Gasteiger partial charge < -0.3 is 19.9 Å². The molecule has 1 heterocycles. The zero-order valence-corrected chi connectivity index (χ0v) is 11.8. The number of ether oxygens (including phenoxy) is 3.